The first-order valence-electron chi connectivity index (χ1n) is 7.61. The number of rotatable bonds is 7. The van der Waals surface area contributed by atoms with Crippen molar-refractivity contribution in [2.45, 2.75) is 13.0 Å². The van der Waals surface area contributed by atoms with Crippen molar-refractivity contribution in [3.05, 3.63) is 48.0 Å². The van der Waals surface area contributed by atoms with Gasteiger partial charge in [-0.15, -0.1) is 0 Å². The van der Waals surface area contributed by atoms with Gasteiger partial charge >= 0.3 is 0 Å². The lowest BCUT2D eigenvalue weighted by atomic mass is 10.0. The zero-order chi connectivity index (χ0) is 17.7. The van der Waals surface area contributed by atoms with Gasteiger partial charge in [0.25, 0.3) is 10.2 Å². The topological polar surface area (TPSA) is 93.4 Å². The van der Waals surface area contributed by atoms with Crippen molar-refractivity contribution < 1.29 is 13.5 Å². The van der Waals surface area contributed by atoms with E-state index in [1.807, 2.05) is 42.5 Å². The number of fused-ring (bicyclic) bond motifs is 1. The van der Waals surface area contributed by atoms with Crippen molar-refractivity contribution in [3.8, 4) is 6.07 Å². The summed E-state index contributed by atoms with van der Waals surface area (Å²) >= 11 is 0. The van der Waals surface area contributed by atoms with Crippen LogP contribution in [0, 0.1) is 17.2 Å². The van der Waals surface area contributed by atoms with E-state index in [9.17, 15) is 13.5 Å². The first kappa shape index (κ1) is 18.4. The van der Waals surface area contributed by atoms with Crippen molar-refractivity contribution in [1.29, 1.82) is 5.26 Å². The van der Waals surface area contributed by atoms with E-state index in [1.165, 1.54) is 7.05 Å². The normalized spacial score (nSPS) is 14.5. The van der Waals surface area contributed by atoms with Gasteiger partial charge in [0.1, 0.15) is 0 Å². The van der Waals surface area contributed by atoms with E-state index in [1.54, 1.807) is 13.0 Å². The number of nitriles is 1. The second-order valence-electron chi connectivity index (χ2n) is 5.79. The van der Waals surface area contributed by atoms with Gasteiger partial charge in [-0.3, -0.25) is 0 Å². The van der Waals surface area contributed by atoms with Crippen LogP contribution < -0.4 is 4.72 Å². The largest absolute Gasteiger partial charge is 0.387 e. The molecule has 0 saturated carbocycles. The summed E-state index contributed by atoms with van der Waals surface area (Å²) in [6.45, 7) is 1.61. The van der Waals surface area contributed by atoms with E-state index >= 15 is 0 Å². The molecule has 2 aromatic rings. The molecule has 0 amide bonds. The highest BCUT2D eigenvalue weighted by Crippen LogP contribution is 2.20. The number of nitrogens with zero attached hydrogens (tertiary/aromatic N) is 2. The smallest absolute Gasteiger partial charge is 0.279 e. The molecule has 0 fully saturated rings. The monoisotopic (exact) mass is 347 g/mol. The van der Waals surface area contributed by atoms with Crippen LogP contribution in [0.5, 0.6) is 0 Å². The molecule has 0 unspecified atom stereocenters. The second-order valence-corrected chi connectivity index (χ2v) is 7.65. The van der Waals surface area contributed by atoms with Gasteiger partial charge in [0.2, 0.25) is 0 Å². The van der Waals surface area contributed by atoms with Gasteiger partial charge in [0.15, 0.2) is 0 Å². The van der Waals surface area contributed by atoms with E-state index in [0.29, 0.717) is 5.56 Å². The molecule has 2 atom stereocenters. The Morgan fingerprint density at radius 2 is 1.92 bits per heavy atom. The maximum atomic E-state index is 12.1. The molecule has 2 aromatic carbocycles. The molecule has 6 nitrogen and oxygen atoms in total. The summed E-state index contributed by atoms with van der Waals surface area (Å²) in [5.41, 5.74) is 0.643. The van der Waals surface area contributed by atoms with Crippen LogP contribution in [0.1, 0.15) is 18.6 Å². The predicted octanol–water partition coefficient (Wildman–Crippen LogP) is 1.80. The first-order valence-corrected chi connectivity index (χ1v) is 9.05. The van der Waals surface area contributed by atoms with Crippen molar-refractivity contribution in [2.24, 2.45) is 5.92 Å². The third-order valence-corrected chi connectivity index (χ3v) is 5.28. The Morgan fingerprint density at radius 3 is 2.58 bits per heavy atom. The van der Waals surface area contributed by atoms with E-state index in [0.717, 1.165) is 15.1 Å². The fraction of sp³-hybridized carbons (Fsp3) is 0.353. The molecule has 7 heteroatoms. The molecule has 0 heterocycles. The maximum absolute atomic E-state index is 12.1. The first-order chi connectivity index (χ1) is 11.3. The third-order valence-electron chi connectivity index (χ3n) is 3.78. The molecule has 0 aliphatic carbocycles. The van der Waals surface area contributed by atoms with E-state index < -0.39 is 22.2 Å². The van der Waals surface area contributed by atoms with Gasteiger partial charge in [0.05, 0.1) is 18.1 Å². The van der Waals surface area contributed by atoms with Crippen LogP contribution in [0.25, 0.3) is 10.8 Å². The van der Waals surface area contributed by atoms with Crippen LogP contribution >= 0.6 is 0 Å². The van der Waals surface area contributed by atoms with Crippen molar-refractivity contribution in [1.82, 2.24) is 9.03 Å². The molecule has 2 N–H and O–H groups in total. The zero-order valence-electron chi connectivity index (χ0n) is 13.7. The van der Waals surface area contributed by atoms with Gasteiger partial charge in [-0.1, -0.05) is 36.4 Å². The Hall–Kier alpha value is -1.98. The highest BCUT2D eigenvalue weighted by Gasteiger charge is 2.21. The van der Waals surface area contributed by atoms with Gasteiger partial charge in [-0.05, 0) is 29.3 Å². The molecule has 2 rings (SSSR count). The summed E-state index contributed by atoms with van der Waals surface area (Å²) in [4.78, 5) is 0. The molecule has 24 heavy (non-hydrogen) atoms. The minimum absolute atomic E-state index is 0.0951. The molecule has 0 radical (unpaired) electrons. The van der Waals surface area contributed by atoms with Gasteiger partial charge in [-0.2, -0.15) is 22.7 Å². The van der Waals surface area contributed by atoms with E-state index in [4.69, 9.17) is 5.26 Å². The van der Waals surface area contributed by atoms with Crippen LogP contribution in [0.3, 0.4) is 0 Å². The average Bonchev–Trinajstić information content (AvgIpc) is 2.59. The van der Waals surface area contributed by atoms with E-state index in [2.05, 4.69) is 4.72 Å². The van der Waals surface area contributed by atoms with Crippen LogP contribution in [0.15, 0.2) is 42.5 Å². The van der Waals surface area contributed by atoms with Crippen LogP contribution in [0.4, 0.5) is 0 Å². The molecule has 0 aliphatic rings. The average molecular weight is 347 g/mol. The quantitative estimate of drug-likeness (QED) is 0.798. The maximum Gasteiger partial charge on any atom is 0.279 e. The lowest BCUT2D eigenvalue weighted by Gasteiger charge is -2.20. The Morgan fingerprint density at radius 1 is 1.25 bits per heavy atom. The summed E-state index contributed by atoms with van der Waals surface area (Å²) < 4.78 is 27.7. The fourth-order valence-electron chi connectivity index (χ4n) is 2.35. The molecule has 0 aromatic heterocycles. The summed E-state index contributed by atoms with van der Waals surface area (Å²) in [6.07, 6.45) is -0.953. The Kier molecular flexibility index (Phi) is 5.91. The van der Waals surface area contributed by atoms with Crippen LogP contribution in [-0.4, -0.2) is 38.0 Å². The highest BCUT2D eigenvalue weighted by atomic mass is 32.2. The second kappa shape index (κ2) is 7.73. The van der Waals surface area contributed by atoms with Crippen molar-refractivity contribution >= 4 is 21.0 Å². The highest BCUT2D eigenvalue weighted by molar-refractivity contribution is 7.87. The number of benzene rings is 2. The summed E-state index contributed by atoms with van der Waals surface area (Å²) in [5.74, 6) is -0.406. The number of hydrogen-bond donors (Lipinski definition) is 2. The Bertz CT molecular complexity index is 846. The predicted molar refractivity (Wildman–Crippen MR) is 93.2 cm³/mol. The minimum Gasteiger partial charge on any atom is -0.387 e. The fourth-order valence-corrected chi connectivity index (χ4v) is 3.36. The number of hydrogen-bond acceptors (Lipinski definition) is 4. The van der Waals surface area contributed by atoms with Crippen molar-refractivity contribution in [2.75, 3.05) is 20.1 Å². The third kappa shape index (κ3) is 4.52. The summed E-state index contributed by atoms with van der Waals surface area (Å²) in [6, 6.07) is 15.3. The SMILES string of the molecule is C[C@@H](C#N)CN(C)S(=O)(=O)NC[C@H](O)c1ccc2ccccc2c1. The molecule has 0 bridgehead atoms. The van der Waals surface area contributed by atoms with Crippen LogP contribution in [0.2, 0.25) is 0 Å². The molecule has 0 spiro atoms. The van der Waals surface area contributed by atoms with Gasteiger partial charge < -0.3 is 5.11 Å². The minimum atomic E-state index is -3.74. The Balaban J connectivity index is 2.03. The molecule has 128 valence electrons. The molecule has 0 aliphatic heterocycles. The number of aliphatic hydroxyl groups is 1. The van der Waals surface area contributed by atoms with Gasteiger partial charge in [0, 0.05) is 20.1 Å². The summed E-state index contributed by atoms with van der Waals surface area (Å²) in [5, 5.41) is 21.1. The summed E-state index contributed by atoms with van der Waals surface area (Å²) in [7, 11) is -2.34. The molecule has 0 saturated heterocycles. The lowest BCUT2D eigenvalue weighted by molar-refractivity contribution is 0.181. The van der Waals surface area contributed by atoms with Crippen molar-refractivity contribution in [3.63, 3.8) is 0 Å². The van der Waals surface area contributed by atoms with Gasteiger partial charge in [-0.25, -0.2) is 0 Å². The lowest BCUT2D eigenvalue weighted by Crippen LogP contribution is -2.41. The Labute approximate surface area is 142 Å². The number of nitrogens with one attached hydrogen (secondary N) is 1. The number of aliphatic hydroxyl groups excluding tert-OH is 1. The zero-order valence-corrected chi connectivity index (χ0v) is 14.5. The van der Waals surface area contributed by atoms with E-state index in [-0.39, 0.29) is 13.1 Å². The van der Waals surface area contributed by atoms with Crippen LogP contribution in [-0.2, 0) is 10.2 Å². The standard InChI is InChI=1S/C17H21N3O3S/c1-13(10-18)12-20(2)24(22,23)19-11-17(21)16-8-7-14-5-3-4-6-15(14)9-16/h3-9,13,17,19,21H,11-12H2,1-2H3/t13-,17-/m0/s1. The molecular formula is C17H21N3O3S. The molecular weight excluding hydrogens is 326 g/mol.